The van der Waals surface area contributed by atoms with Crippen LogP contribution in [-0.4, -0.2) is 5.78 Å². The first kappa shape index (κ1) is 8.33. The average Bonchev–Trinajstić information content (AvgIpc) is 2.36. The average molecular weight is 150 g/mol. The van der Waals surface area contributed by atoms with E-state index in [4.69, 9.17) is 6.42 Å². The number of hydrogen-bond acceptors (Lipinski definition) is 1. The van der Waals surface area contributed by atoms with Crippen LogP contribution in [0.25, 0.3) is 0 Å². The molecule has 0 aromatic rings. The third-order valence-electron chi connectivity index (χ3n) is 2.56. The summed E-state index contributed by atoms with van der Waals surface area (Å²) in [4.78, 5) is 11.1. The summed E-state index contributed by atoms with van der Waals surface area (Å²) in [6.07, 6.45) is 9.37. The Morgan fingerprint density at radius 3 is 2.91 bits per heavy atom. The molecule has 1 rings (SSSR count). The van der Waals surface area contributed by atoms with Crippen molar-refractivity contribution in [1.82, 2.24) is 0 Å². The Morgan fingerprint density at radius 1 is 1.64 bits per heavy atom. The summed E-state index contributed by atoms with van der Waals surface area (Å²) >= 11 is 0. The maximum atomic E-state index is 11.1. The first-order valence-corrected chi connectivity index (χ1v) is 4.19. The van der Waals surface area contributed by atoms with Gasteiger partial charge in [-0.1, -0.05) is 6.42 Å². The van der Waals surface area contributed by atoms with Crippen LogP contribution in [0, 0.1) is 24.2 Å². The molecular formula is C10H14O. The summed E-state index contributed by atoms with van der Waals surface area (Å²) < 4.78 is 0. The highest BCUT2D eigenvalue weighted by Gasteiger charge is 2.29. The fraction of sp³-hybridized carbons (Fsp3) is 0.700. The lowest BCUT2D eigenvalue weighted by Crippen LogP contribution is -2.15. The van der Waals surface area contributed by atoms with Crippen molar-refractivity contribution in [3.8, 4) is 12.3 Å². The molecule has 1 nitrogen and oxygen atoms in total. The fourth-order valence-corrected chi connectivity index (χ4v) is 1.97. The van der Waals surface area contributed by atoms with Gasteiger partial charge >= 0.3 is 0 Å². The van der Waals surface area contributed by atoms with Crippen molar-refractivity contribution in [2.75, 3.05) is 0 Å². The van der Waals surface area contributed by atoms with Gasteiger partial charge in [-0.2, -0.15) is 0 Å². The fourth-order valence-electron chi connectivity index (χ4n) is 1.97. The van der Waals surface area contributed by atoms with Gasteiger partial charge in [-0.15, -0.1) is 12.3 Å². The van der Waals surface area contributed by atoms with Crippen LogP contribution in [0.5, 0.6) is 0 Å². The van der Waals surface area contributed by atoms with E-state index in [0.717, 1.165) is 19.3 Å². The van der Waals surface area contributed by atoms with Crippen molar-refractivity contribution in [3.05, 3.63) is 0 Å². The molecule has 2 unspecified atom stereocenters. The second kappa shape index (κ2) is 3.57. The summed E-state index contributed by atoms with van der Waals surface area (Å²) in [5, 5.41) is 0. The van der Waals surface area contributed by atoms with Crippen molar-refractivity contribution in [3.63, 3.8) is 0 Å². The predicted octanol–water partition coefficient (Wildman–Crippen LogP) is 2.01. The zero-order valence-corrected chi connectivity index (χ0v) is 6.97. The SMILES string of the molecule is C#CCC1CCCC1C(C)=O. The summed E-state index contributed by atoms with van der Waals surface area (Å²) in [6.45, 7) is 1.68. The van der Waals surface area contributed by atoms with Crippen LogP contribution in [-0.2, 0) is 4.79 Å². The topological polar surface area (TPSA) is 17.1 Å². The second-order valence-corrected chi connectivity index (χ2v) is 3.32. The largest absolute Gasteiger partial charge is 0.300 e. The number of Topliss-reactive ketones (excluding diaryl/α,β-unsaturated/α-hetero) is 1. The molecule has 1 saturated carbocycles. The van der Waals surface area contributed by atoms with Gasteiger partial charge in [0.1, 0.15) is 5.78 Å². The summed E-state index contributed by atoms with van der Waals surface area (Å²) in [5.74, 6) is 3.72. The van der Waals surface area contributed by atoms with Crippen LogP contribution in [0.1, 0.15) is 32.6 Å². The lowest BCUT2D eigenvalue weighted by atomic mass is 9.90. The van der Waals surface area contributed by atoms with Crippen molar-refractivity contribution in [2.45, 2.75) is 32.6 Å². The molecule has 0 amide bonds. The Morgan fingerprint density at radius 2 is 2.36 bits per heavy atom. The molecule has 0 heterocycles. The highest BCUT2D eigenvalue weighted by Crippen LogP contribution is 2.34. The van der Waals surface area contributed by atoms with E-state index >= 15 is 0 Å². The molecule has 0 bridgehead atoms. The highest BCUT2D eigenvalue weighted by molar-refractivity contribution is 5.78. The second-order valence-electron chi connectivity index (χ2n) is 3.32. The van der Waals surface area contributed by atoms with E-state index in [2.05, 4.69) is 5.92 Å². The molecule has 1 fully saturated rings. The molecule has 2 atom stereocenters. The van der Waals surface area contributed by atoms with Gasteiger partial charge in [0.05, 0.1) is 0 Å². The number of ketones is 1. The Balaban J connectivity index is 2.52. The summed E-state index contributed by atoms with van der Waals surface area (Å²) in [5.41, 5.74) is 0. The normalized spacial score (nSPS) is 29.8. The van der Waals surface area contributed by atoms with Crippen molar-refractivity contribution in [2.24, 2.45) is 11.8 Å². The number of terminal acetylenes is 1. The molecule has 60 valence electrons. The Labute approximate surface area is 68.2 Å². The minimum atomic E-state index is 0.269. The lowest BCUT2D eigenvalue weighted by molar-refractivity contribution is -0.121. The Bertz CT molecular complexity index is 188. The molecule has 0 radical (unpaired) electrons. The van der Waals surface area contributed by atoms with E-state index in [1.54, 1.807) is 6.92 Å². The van der Waals surface area contributed by atoms with E-state index in [-0.39, 0.29) is 5.92 Å². The third-order valence-corrected chi connectivity index (χ3v) is 2.56. The molecule has 0 saturated heterocycles. The molecule has 0 aliphatic heterocycles. The number of hydrogen-bond donors (Lipinski definition) is 0. The molecule has 1 aliphatic rings. The van der Waals surface area contributed by atoms with E-state index < -0.39 is 0 Å². The minimum Gasteiger partial charge on any atom is -0.300 e. The van der Waals surface area contributed by atoms with E-state index in [0.29, 0.717) is 11.7 Å². The Hall–Kier alpha value is -0.770. The Kier molecular flexibility index (Phi) is 2.70. The maximum Gasteiger partial charge on any atom is 0.133 e. The molecule has 0 spiro atoms. The van der Waals surface area contributed by atoms with Gasteiger partial charge in [0.25, 0.3) is 0 Å². The van der Waals surface area contributed by atoms with Gasteiger partial charge in [-0.25, -0.2) is 0 Å². The van der Waals surface area contributed by atoms with Crippen LogP contribution < -0.4 is 0 Å². The molecule has 11 heavy (non-hydrogen) atoms. The monoisotopic (exact) mass is 150 g/mol. The zero-order chi connectivity index (χ0) is 8.27. The first-order chi connectivity index (χ1) is 5.25. The van der Waals surface area contributed by atoms with Gasteiger partial charge in [0, 0.05) is 12.3 Å². The van der Waals surface area contributed by atoms with Gasteiger partial charge < -0.3 is 0 Å². The molecular weight excluding hydrogens is 136 g/mol. The highest BCUT2D eigenvalue weighted by atomic mass is 16.1. The molecule has 1 aliphatic carbocycles. The standard InChI is InChI=1S/C10H14O/c1-3-5-9-6-4-7-10(9)8(2)11/h1,9-10H,4-7H2,2H3. The molecule has 0 N–H and O–H groups in total. The van der Waals surface area contributed by atoms with E-state index in [9.17, 15) is 4.79 Å². The first-order valence-electron chi connectivity index (χ1n) is 4.19. The van der Waals surface area contributed by atoms with Crippen molar-refractivity contribution in [1.29, 1.82) is 0 Å². The van der Waals surface area contributed by atoms with Crippen LogP contribution in [0.4, 0.5) is 0 Å². The zero-order valence-electron chi connectivity index (χ0n) is 6.97. The molecule has 1 heteroatoms. The predicted molar refractivity (Wildman–Crippen MR) is 45.0 cm³/mol. The van der Waals surface area contributed by atoms with Gasteiger partial charge in [-0.3, -0.25) is 4.79 Å². The van der Waals surface area contributed by atoms with Crippen LogP contribution in [0.15, 0.2) is 0 Å². The van der Waals surface area contributed by atoms with Crippen LogP contribution in [0.2, 0.25) is 0 Å². The lowest BCUT2D eigenvalue weighted by Gasteiger charge is -2.12. The van der Waals surface area contributed by atoms with Gasteiger partial charge in [-0.05, 0) is 25.7 Å². The number of carbonyl (C=O) groups is 1. The van der Waals surface area contributed by atoms with Crippen molar-refractivity contribution < 1.29 is 4.79 Å². The van der Waals surface area contributed by atoms with E-state index in [1.165, 1.54) is 6.42 Å². The van der Waals surface area contributed by atoms with Crippen LogP contribution >= 0.6 is 0 Å². The molecule has 0 aromatic heterocycles. The third kappa shape index (κ3) is 1.83. The number of carbonyl (C=O) groups excluding carboxylic acids is 1. The van der Waals surface area contributed by atoms with E-state index in [1.807, 2.05) is 0 Å². The molecule has 0 aromatic carbocycles. The maximum absolute atomic E-state index is 11.1. The summed E-state index contributed by atoms with van der Waals surface area (Å²) in [6, 6.07) is 0. The smallest absolute Gasteiger partial charge is 0.133 e. The number of rotatable bonds is 2. The van der Waals surface area contributed by atoms with Crippen LogP contribution in [0.3, 0.4) is 0 Å². The van der Waals surface area contributed by atoms with Crippen molar-refractivity contribution >= 4 is 5.78 Å². The quantitative estimate of drug-likeness (QED) is 0.550. The van der Waals surface area contributed by atoms with Gasteiger partial charge in [0.15, 0.2) is 0 Å². The van der Waals surface area contributed by atoms with Gasteiger partial charge in [0.2, 0.25) is 0 Å². The minimum absolute atomic E-state index is 0.269. The summed E-state index contributed by atoms with van der Waals surface area (Å²) in [7, 11) is 0.